The second kappa shape index (κ2) is 12.1. The number of para-hydroxylation sites is 2. The molecule has 0 saturated heterocycles. The fourth-order valence-electron chi connectivity index (χ4n) is 4.60. The van der Waals surface area contributed by atoms with Crippen LogP contribution in [0.2, 0.25) is 0 Å². The van der Waals surface area contributed by atoms with Gasteiger partial charge in [0.15, 0.2) is 11.5 Å². The molecule has 2 unspecified atom stereocenters. The van der Waals surface area contributed by atoms with Crippen LogP contribution in [0.4, 0.5) is 0 Å². The first kappa shape index (κ1) is 25.8. The Hall–Kier alpha value is -3.32. The SMILES string of the molecule is CCC(C)N(CC(=O)N1CCc2sccc2C1COc1ccccc1OC)C(=O)Cc1ccccc1. The van der Waals surface area contributed by atoms with Crippen LogP contribution in [0.25, 0.3) is 0 Å². The van der Waals surface area contributed by atoms with Crippen LogP contribution >= 0.6 is 11.3 Å². The van der Waals surface area contributed by atoms with Gasteiger partial charge in [-0.3, -0.25) is 9.59 Å². The summed E-state index contributed by atoms with van der Waals surface area (Å²) in [6.07, 6.45) is 1.88. The molecule has 3 aromatic rings. The van der Waals surface area contributed by atoms with Gasteiger partial charge < -0.3 is 19.3 Å². The summed E-state index contributed by atoms with van der Waals surface area (Å²) in [5, 5.41) is 2.07. The minimum atomic E-state index is -0.222. The van der Waals surface area contributed by atoms with Crippen LogP contribution in [-0.2, 0) is 22.4 Å². The summed E-state index contributed by atoms with van der Waals surface area (Å²) in [4.78, 5) is 31.9. The zero-order chi connectivity index (χ0) is 25.5. The number of carbonyl (C=O) groups excluding carboxylic acids is 2. The second-order valence-corrected chi connectivity index (χ2v) is 10.1. The Morgan fingerprint density at radius 2 is 1.81 bits per heavy atom. The van der Waals surface area contributed by atoms with Gasteiger partial charge in [-0.2, -0.15) is 0 Å². The van der Waals surface area contributed by atoms with Crippen LogP contribution in [0.1, 0.15) is 42.3 Å². The number of carbonyl (C=O) groups is 2. The van der Waals surface area contributed by atoms with Crippen LogP contribution in [0.3, 0.4) is 0 Å². The third-order valence-electron chi connectivity index (χ3n) is 6.83. The maximum atomic E-state index is 13.7. The molecule has 1 aliphatic heterocycles. The largest absolute Gasteiger partial charge is 0.493 e. The average molecular weight is 507 g/mol. The summed E-state index contributed by atoms with van der Waals surface area (Å²) in [5.41, 5.74) is 2.08. The number of hydrogen-bond acceptors (Lipinski definition) is 5. The van der Waals surface area contributed by atoms with Gasteiger partial charge in [0.05, 0.1) is 19.6 Å². The summed E-state index contributed by atoms with van der Waals surface area (Å²) in [6.45, 7) is 5.03. The van der Waals surface area contributed by atoms with Crippen LogP contribution in [0.5, 0.6) is 11.5 Å². The van der Waals surface area contributed by atoms with E-state index in [9.17, 15) is 9.59 Å². The Morgan fingerprint density at radius 3 is 2.53 bits per heavy atom. The Morgan fingerprint density at radius 1 is 1.08 bits per heavy atom. The molecule has 2 aromatic carbocycles. The number of thiophene rings is 1. The van der Waals surface area contributed by atoms with Gasteiger partial charge in [0.25, 0.3) is 0 Å². The van der Waals surface area contributed by atoms with E-state index in [1.165, 1.54) is 4.88 Å². The molecular formula is C29H34N2O4S. The molecule has 190 valence electrons. The van der Waals surface area contributed by atoms with Crippen molar-refractivity contribution < 1.29 is 19.1 Å². The normalized spacial score (nSPS) is 15.6. The first-order chi connectivity index (χ1) is 17.5. The number of nitrogens with zero attached hydrogens (tertiary/aromatic N) is 2. The molecule has 7 heteroatoms. The minimum absolute atomic E-state index is 0.0287. The average Bonchev–Trinajstić information content (AvgIpc) is 3.39. The molecule has 2 amide bonds. The number of hydrogen-bond donors (Lipinski definition) is 0. The van der Waals surface area contributed by atoms with E-state index >= 15 is 0 Å². The van der Waals surface area contributed by atoms with Crippen molar-refractivity contribution in [3.05, 3.63) is 82.0 Å². The topological polar surface area (TPSA) is 59.1 Å². The van der Waals surface area contributed by atoms with Gasteiger partial charge >= 0.3 is 0 Å². The number of amides is 2. The lowest BCUT2D eigenvalue weighted by Gasteiger charge is -2.38. The predicted octanol–water partition coefficient (Wildman–Crippen LogP) is 5.13. The molecular weight excluding hydrogens is 472 g/mol. The van der Waals surface area contributed by atoms with E-state index in [1.54, 1.807) is 23.3 Å². The van der Waals surface area contributed by atoms with E-state index < -0.39 is 0 Å². The molecule has 4 rings (SSSR count). The van der Waals surface area contributed by atoms with E-state index in [2.05, 4.69) is 11.4 Å². The number of methoxy groups -OCH3 is 1. The molecule has 1 aromatic heterocycles. The van der Waals surface area contributed by atoms with Crippen molar-refractivity contribution >= 4 is 23.2 Å². The van der Waals surface area contributed by atoms with Crippen molar-refractivity contribution in [3.8, 4) is 11.5 Å². The maximum Gasteiger partial charge on any atom is 0.242 e. The molecule has 0 bridgehead atoms. The highest BCUT2D eigenvalue weighted by Crippen LogP contribution is 2.35. The zero-order valence-corrected chi connectivity index (χ0v) is 22.0. The first-order valence-corrected chi connectivity index (χ1v) is 13.3. The molecule has 0 spiro atoms. The van der Waals surface area contributed by atoms with Gasteiger partial charge in [-0.15, -0.1) is 11.3 Å². The molecule has 0 fully saturated rings. The quantitative estimate of drug-likeness (QED) is 0.383. The highest BCUT2D eigenvalue weighted by atomic mass is 32.1. The molecule has 6 nitrogen and oxygen atoms in total. The number of ether oxygens (including phenoxy) is 2. The fourth-order valence-corrected chi connectivity index (χ4v) is 5.53. The third-order valence-corrected chi connectivity index (χ3v) is 7.82. The van der Waals surface area contributed by atoms with Crippen molar-refractivity contribution in [2.45, 2.75) is 45.2 Å². The lowest BCUT2D eigenvalue weighted by molar-refractivity contribution is -0.144. The Bertz CT molecular complexity index is 1160. The summed E-state index contributed by atoms with van der Waals surface area (Å²) >= 11 is 1.72. The minimum Gasteiger partial charge on any atom is -0.493 e. The predicted molar refractivity (Wildman–Crippen MR) is 143 cm³/mol. The van der Waals surface area contributed by atoms with E-state index in [4.69, 9.17) is 9.47 Å². The smallest absolute Gasteiger partial charge is 0.242 e. The molecule has 2 atom stereocenters. The molecule has 0 aliphatic carbocycles. The van der Waals surface area contributed by atoms with Crippen LogP contribution in [0.15, 0.2) is 66.0 Å². The Balaban J connectivity index is 1.52. The number of benzene rings is 2. The monoisotopic (exact) mass is 506 g/mol. The van der Waals surface area contributed by atoms with Gasteiger partial charge in [-0.1, -0.05) is 49.4 Å². The molecule has 0 radical (unpaired) electrons. The van der Waals surface area contributed by atoms with E-state index in [0.717, 1.165) is 24.0 Å². The molecule has 2 heterocycles. The van der Waals surface area contributed by atoms with E-state index in [0.29, 0.717) is 24.7 Å². The Labute approximate surface area is 217 Å². The highest BCUT2D eigenvalue weighted by molar-refractivity contribution is 7.10. The summed E-state index contributed by atoms with van der Waals surface area (Å²) in [5.74, 6) is 1.22. The van der Waals surface area contributed by atoms with Crippen molar-refractivity contribution in [2.75, 3.05) is 26.8 Å². The van der Waals surface area contributed by atoms with E-state index in [1.807, 2.05) is 73.3 Å². The van der Waals surface area contributed by atoms with Gasteiger partial charge in [-0.25, -0.2) is 0 Å². The summed E-state index contributed by atoms with van der Waals surface area (Å²) in [6, 6.07) is 19.1. The fraction of sp³-hybridized carbons (Fsp3) is 0.379. The lowest BCUT2D eigenvalue weighted by Crippen LogP contribution is -2.50. The summed E-state index contributed by atoms with van der Waals surface area (Å²) < 4.78 is 11.6. The van der Waals surface area contributed by atoms with Gasteiger partial charge in [0.1, 0.15) is 13.2 Å². The van der Waals surface area contributed by atoms with E-state index in [-0.39, 0.29) is 36.9 Å². The number of rotatable bonds is 10. The van der Waals surface area contributed by atoms with Crippen molar-refractivity contribution in [1.29, 1.82) is 0 Å². The van der Waals surface area contributed by atoms with Crippen LogP contribution < -0.4 is 9.47 Å². The van der Waals surface area contributed by atoms with Crippen LogP contribution in [-0.4, -0.2) is 54.5 Å². The van der Waals surface area contributed by atoms with Crippen molar-refractivity contribution in [1.82, 2.24) is 9.80 Å². The number of fused-ring (bicyclic) bond motifs is 1. The summed E-state index contributed by atoms with van der Waals surface area (Å²) in [7, 11) is 1.62. The van der Waals surface area contributed by atoms with Gasteiger partial charge in [-0.05, 0) is 54.5 Å². The first-order valence-electron chi connectivity index (χ1n) is 12.5. The lowest BCUT2D eigenvalue weighted by atomic mass is 10.00. The van der Waals surface area contributed by atoms with Gasteiger partial charge in [0, 0.05) is 17.5 Å². The van der Waals surface area contributed by atoms with Crippen molar-refractivity contribution in [2.24, 2.45) is 0 Å². The maximum absolute atomic E-state index is 13.7. The highest BCUT2D eigenvalue weighted by Gasteiger charge is 2.34. The standard InChI is InChI=1S/C29H34N2O4S/c1-4-21(2)31(28(32)18-22-10-6-5-7-11-22)19-29(33)30-16-14-27-23(15-17-36-27)24(30)20-35-26-13-9-8-12-25(26)34-3/h5-13,15,17,21,24H,4,14,16,18-20H2,1-3H3. The van der Waals surface area contributed by atoms with Crippen molar-refractivity contribution in [3.63, 3.8) is 0 Å². The molecule has 0 saturated carbocycles. The van der Waals surface area contributed by atoms with Gasteiger partial charge in [0.2, 0.25) is 11.8 Å². The molecule has 0 N–H and O–H groups in total. The van der Waals surface area contributed by atoms with Crippen LogP contribution in [0, 0.1) is 0 Å². The third kappa shape index (κ3) is 5.90. The zero-order valence-electron chi connectivity index (χ0n) is 21.2. The molecule has 1 aliphatic rings. The molecule has 36 heavy (non-hydrogen) atoms. The second-order valence-electron chi connectivity index (χ2n) is 9.06. The Kier molecular flexibility index (Phi) is 8.65.